The lowest BCUT2D eigenvalue weighted by Gasteiger charge is -2.23. The minimum atomic E-state index is -0.382. The van der Waals surface area contributed by atoms with Gasteiger partial charge in [0.25, 0.3) is 5.91 Å². The van der Waals surface area contributed by atoms with Gasteiger partial charge in [-0.15, -0.1) is 0 Å². The van der Waals surface area contributed by atoms with Crippen molar-refractivity contribution in [3.63, 3.8) is 0 Å². The summed E-state index contributed by atoms with van der Waals surface area (Å²) in [5, 5.41) is 0.465. The van der Waals surface area contributed by atoms with Crippen molar-refractivity contribution in [1.29, 1.82) is 0 Å². The Kier molecular flexibility index (Phi) is 5.85. The van der Waals surface area contributed by atoms with Crippen LogP contribution in [-0.4, -0.2) is 12.5 Å². The maximum absolute atomic E-state index is 13.5. The number of nitrogens with zero attached hydrogens (tertiary/aromatic N) is 1. The van der Waals surface area contributed by atoms with E-state index in [2.05, 4.69) is 0 Å². The molecule has 0 aliphatic rings. The molecule has 5 nitrogen and oxygen atoms in total. The lowest BCUT2D eigenvalue weighted by Crippen LogP contribution is -2.31. The van der Waals surface area contributed by atoms with E-state index in [0.29, 0.717) is 29.8 Å². The first-order chi connectivity index (χ1) is 15.0. The molecule has 4 aromatic rings. The van der Waals surface area contributed by atoms with Gasteiger partial charge in [0.2, 0.25) is 0 Å². The zero-order valence-corrected chi connectivity index (χ0v) is 17.5. The molecule has 0 aliphatic carbocycles. The molecule has 0 fully saturated rings. The van der Waals surface area contributed by atoms with Crippen molar-refractivity contribution < 1.29 is 13.9 Å². The molecule has 0 radical (unpaired) electrons. The van der Waals surface area contributed by atoms with Crippen LogP contribution in [0.1, 0.15) is 28.6 Å². The molecule has 1 heterocycles. The molecule has 0 atom stereocenters. The first-order valence-electron chi connectivity index (χ1n) is 10.2. The molecule has 3 aromatic carbocycles. The van der Waals surface area contributed by atoms with Gasteiger partial charge in [0.05, 0.1) is 18.5 Å². The summed E-state index contributed by atoms with van der Waals surface area (Å²) >= 11 is 0. The van der Waals surface area contributed by atoms with Crippen LogP contribution in [0.4, 0.5) is 5.69 Å². The molecule has 1 aromatic heterocycles. The fraction of sp³-hybridized carbons (Fsp3) is 0.154. The average molecular weight is 413 g/mol. The van der Waals surface area contributed by atoms with Crippen LogP contribution in [0.25, 0.3) is 11.0 Å². The van der Waals surface area contributed by atoms with Gasteiger partial charge in [0.1, 0.15) is 11.3 Å². The van der Waals surface area contributed by atoms with Gasteiger partial charge in [-0.25, -0.2) is 0 Å². The summed E-state index contributed by atoms with van der Waals surface area (Å²) in [6.45, 7) is 4.73. The predicted octanol–water partition coefficient (Wildman–Crippen LogP) is 5.35. The van der Waals surface area contributed by atoms with E-state index in [4.69, 9.17) is 9.15 Å². The number of hydrogen-bond acceptors (Lipinski definition) is 4. The Hall–Kier alpha value is -3.86. The quantitative estimate of drug-likeness (QED) is 0.428. The lowest BCUT2D eigenvalue weighted by atomic mass is 10.1. The van der Waals surface area contributed by atoms with Gasteiger partial charge in [-0.3, -0.25) is 9.59 Å². The Labute approximate surface area is 180 Å². The van der Waals surface area contributed by atoms with Crippen molar-refractivity contribution in [2.45, 2.75) is 20.4 Å². The number of aryl methyl sites for hydroxylation is 1. The number of carbonyl (C=O) groups excluding carboxylic acids is 1. The molecule has 31 heavy (non-hydrogen) atoms. The van der Waals surface area contributed by atoms with Crippen LogP contribution >= 0.6 is 0 Å². The van der Waals surface area contributed by atoms with E-state index in [1.807, 2.05) is 74.5 Å². The van der Waals surface area contributed by atoms with E-state index in [9.17, 15) is 9.59 Å². The molecule has 0 spiro atoms. The molecule has 0 unspecified atom stereocenters. The molecule has 4 rings (SSSR count). The second-order valence-corrected chi connectivity index (χ2v) is 7.28. The topological polar surface area (TPSA) is 59.8 Å². The highest BCUT2D eigenvalue weighted by Crippen LogP contribution is 2.24. The Bertz CT molecular complexity index is 1260. The first-order valence-corrected chi connectivity index (χ1v) is 10.2. The monoisotopic (exact) mass is 413 g/mol. The lowest BCUT2D eigenvalue weighted by molar-refractivity contribution is 0.0959. The van der Waals surface area contributed by atoms with E-state index in [1.165, 1.54) is 6.07 Å². The summed E-state index contributed by atoms with van der Waals surface area (Å²) in [4.78, 5) is 27.7. The van der Waals surface area contributed by atoms with Gasteiger partial charge in [0.15, 0.2) is 11.2 Å². The number of anilines is 1. The zero-order valence-electron chi connectivity index (χ0n) is 17.5. The van der Waals surface area contributed by atoms with Crippen LogP contribution in [0.15, 0.2) is 88.1 Å². The van der Waals surface area contributed by atoms with Crippen molar-refractivity contribution >= 4 is 22.6 Å². The Balaban J connectivity index is 1.75. The van der Waals surface area contributed by atoms with E-state index in [1.54, 1.807) is 17.0 Å². The van der Waals surface area contributed by atoms with Crippen LogP contribution in [0.2, 0.25) is 0 Å². The second kappa shape index (κ2) is 8.88. The third-order valence-corrected chi connectivity index (χ3v) is 4.98. The van der Waals surface area contributed by atoms with Gasteiger partial charge in [-0.2, -0.15) is 0 Å². The number of hydrogen-bond donors (Lipinski definition) is 0. The normalized spacial score (nSPS) is 10.8. The SMILES string of the molecule is CCOc1ccc(N(Cc2ccccc2)C(=O)c2cc(=O)c3cc(C)ccc3o2)cc1. The highest BCUT2D eigenvalue weighted by atomic mass is 16.5. The summed E-state index contributed by atoms with van der Waals surface area (Å²) in [6, 6.07) is 23.6. The number of benzene rings is 3. The average Bonchev–Trinajstić information content (AvgIpc) is 2.79. The Morgan fingerprint density at radius 3 is 2.42 bits per heavy atom. The summed E-state index contributed by atoms with van der Waals surface area (Å²) in [5.74, 6) is 0.352. The molecule has 0 saturated heterocycles. The van der Waals surface area contributed by atoms with Gasteiger partial charge in [-0.05, 0) is 55.8 Å². The molecule has 5 heteroatoms. The van der Waals surface area contributed by atoms with Crippen LogP contribution in [-0.2, 0) is 6.54 Å². The summed E-state index contributed by atoms with van der Waals surface area (Å²) in [5.41, 5.74) is 2.76. The summed E-state index contributed by atoms with van der Waals surface area (Å²) in [7, 11) is 0. The fourth-order valence-electron chi connectivity index (χ4n) is 3.44. The fourth-order valence-corrected chi connectivity index (χ4v) is 3.44. The molecule has 1 amide bonds. The molecular weight excluding hydrogens is 390 g/mol. The maximum atomic E-state index is 13.5. The number of ether oxygens (including phenoxy) is 1. The van der Waals surface area contributed by atoms with E-state index < -0.39 is 0 Å². The first kappa shape index (κ1) is 20.4. The van der Waals surface area contributed by atoms with Crippen molar-refractivity contribution in [3.05, 3.63) is 106 Å². The van der Waals surface area contributed by atoms with Crippen molar-refractivity contribution in [2.75, 3.05) is 11.5 Å². The highest BCUT2D eigenvalue weighted by Gasteiger charge is 2.22. The van der Waals surface area contributed by atoms with E-state index in [0.717, 1.165) is 16.9 Å². The van der Waals surface area contributed by atoms with Crippen LogP contribution in [0.5, 0.6) is 5.75 Å². The van der Waals surface area contributed by atoms with Gasteiger partial charge in [0, 0.05) is 11.8 Å². The Morgan fingerprint density at radius 1 is 0.968 bits per heavy atom. The third-order valence-electron chi connectivity index (χ3n) is 4.98. The summed E-state index contributed by atoms with van der Waals surface area (Å²) < 4.78 is 11.4. The third kappa shape index (κ3) is 4.51. The van der Waals surface area contributed by atoms with Crippen molar-refractivity contribution in [2.24, 2.45) is 0 Å². The Morgan fingerprint density at radius 2 is 1.71 bits per heavy atom. The van der Waals surface area contributed by atoms with E-state index >= 15 is 0 Å². The van der Waals surface area contributed by atoms with Crippen molar-refractivity contribution in [3.8, 4) is 5.75 Å². The maximum Gasteiger partial charge on any atom is 0.294 e. The summed E-state index contributed by atoms with van der Waals surface area (Å²) in [6.07, 6.45) is 0. The molecule has 0 aliphatic heterocycles. The van der Waals surface area contributed by atoms with Gasteiger partial charge >= 0.3 is 0 Å². The van der Waals surface area contributed by atoms with Crippen LogP contribution in [0, 0.1) is 6.92 Å². The minimum absolute atomic E-state index is 0.00571. The molecule has 0 bridgehead atoms. The molecule has 156 valence electrons. The number of rotatable bonds is 6. The minimum Gasteiger partial charge on any atom is -0.494 e. The van der Waals surface area contributed by atoms with Crippen LogP contribution < -0.4 is 15.1 Å². The standard InChI is InChI=1S/C26H23NO4/c1-3-30-21-12-10-20(11-13-21)27(17-19-7-5-4-6-8-19)26(29)25-16-23(28)22-15-18(2)9-14-24(22)31-25/h4-16H,3,17H2,1-2H3. The number of carbonyl (C=O) groups is 1. The molecule has 0 saturated carbocycles. The smallest absolute Gasteiger partial charge is 0.294 e. The van der Waals surface area contributed by atoms with Crippen LogP contribution in [0.3, 0.4) is 0 Å². The second-order valence-electron chi connectivity index (χ2n) is 7.28. The number of fused-ring (bicyclic) bond motifs is 1. The van der Waals surface area contributed by atoms with Gasteiger partial charge in [-0.1, -0.05) is 42.0 Å². The van der Waals surface area contributed by atoms with Crippen molar-refractivity contribution in [1.82, 2.24) is 0 Å². The van der Waals surface area contributed by atoms with E-state index in [-0.39, 0.29) is 17.1 Å². The zero-order chi connectivity index (χ0) is 21.8. The largest absolute Gasteiger partial charge is 0.494 e. The highest BCUT2D eigenvalue weighted by molar-refractivity contribution is 6.04. The number of amides is 1. The molecule has 0 N–H and O–H groups in total. The molecular formula is C26H23NO4. The predicted molar refractivity (Wildman–Crippen MR) is 122 cm³/mol. The van der Waals surface area contributed by atoms with Gasteiger partial charge < -0.3 is 14.1 Å².